The minimum atomic E-state index is -0.488. The Morgan fingerprint density at radius 2 is 2.00 bits per heavy atom. The molecule has 4 nitrogen and oxygen atoms in total. The first-order valence-corrected chi connectivity index (χ1v) is 4.70. The standard InChI is InChI=1S/C9H19NO3/c1-8(9(10)12)13-7-5-3-2-4-6-11/h8,11H,2-7H2,1H3,(H2,10,12). The summed E-state index contributed by atoms with van der Waals surface area (Å²) in [5.41, 5.74) is 5.00. The minimum Gasteiger partial charge on any atom is -0.396 e. The van der Waals surface area contributed by atoms with Gasteiger partial charge in [0.25, 0.3) is 0 Å². The lowest BCUT2D eigenvalue weighted by Crippen LogP contribution is -2.28. The van der Waals surface area contributed by atoms with Crippen molar-refractivity contribution in [2.45, 2.75) is 38.7 Å². The Morgan fingerprint density at radius 3 is 2.54 bits per heavy atom. The predicted octanol–water partition coefficient (Wildman–Crippen LogP) is 0.430. The summed E-state index contributed by atoms with van der Waals surface area (Å²) in [4.78, 5) is 10.5. The number of nitrogens with two attached hydrogens (primary N) is 1. The molecule has 0 heterocycles. The molecule has 1 amide bonds. The third kappa shape index (κ3) is 7.74. The van der Waals surface area contributed by atoms with Gasteiger partial charge in [0.2, 0.25) is 5.91 Å². The van der Waals surface area contributed by atoms with E-state index in [-0.39, 0.29) is 6.61 Å². The fraction of sp³-hybridized carbons (Fsp3) is 0.889. The molecule has 0 saturated heterocycles. The molecule has 0 radical (unpaired) electrons. The van der Waals surface area contributed by atoms with Gasteiger partial charge in [-0.3, -0.25) is 4.79 Å². The van der Waals surface area contributed by atoms with Gasteiger partial charge in [-0.15, -0.1) is 0 Å². The van der Waals surface area contributed by atoms with Crippen LogP contribution in [0.3, 0.4) is 0 Å². The van der Waals surface area contributed by atoms with Crippen molar-refractivity contribution in [3.8, 4) is 0 Å². The first-order chi connectivity index (χ1) is 6.18. The minimum absolute atomic E-state index is 0.249. The molecule has 0 rings (SSSR count). The number of unbranched alkanes of at least 4 members (excludes halogenated alkanes) is 3. The van der Waals surface area contributed by atoms with Crippen LogP contribution in [0.1, 0.15) is 32.6 Å². The van der Waals surface area contributed by atoms with Crippen LogP contribution in [-0.2, 0) is 9.53 Å². The lowest BCUT2D eigenvalue weighted by Gasteiger charge is -2.08. The molecule has 13 heavy (non-hydrogen) atoms. The van der Waals surface area contributed by atoms with E-state index >= 15 is 0 Å². The van der Waals surface area contributed by atoms with Crippen LogP contribution in [0.2, 0.25) is 0 Å². The second-order valence-electron chi connectivity index (χ2n) is 3.05. The zero-order valence-electron chi connectivity index (χ0n) is 8.16. The molecule has 78 valence electrons. The monoisotopic (exact) mass is 189 g/mol. The molecule has 0 aliphatic carbocycles. The van der Waals surface area contributed by atoms with Crippen molar-refractivity contribution >= 4 is 5.91 Å². The van der Waals surface area contributed by atoms with E-state index in [0.29, 0.717) is 6.61 Å². The van der Waals surface area contributed by atoms with Gasteiger partial charge in [0, 0.05) is 13.2 Å². The molecular weight excluding hydrogens is 170 g/mol. The van der Waals surface area contributed by atoms with Gasteiger partial charge in [0.15, 0.2) is 0 Å². The molecule has 0 bridgehead atoms. The van der Waals surface area contributed by atoms with Gasteiger partial charge in [0.05, 0.1) is 0 Å². The fourth-order valence-electron chi connectivity index (χ4n) is 0.910. The molecule has 0 aliphatic heterocycles. The molecule has 3 N–H and O–H groups in total. The lowest BCUT2D eigenvalue weighted by atomic mass is 10.2. The number of ether oxygens (including phenoxy) is 1. The molecule has 4 heteroatoms. The van der Waals surface area contributed by atoms with Crippen LogP contribution in [0, 0.1) is 0 Å². The average Bonchev–Trinajstić information content (AvgIpc) is 2.10. The van der Waals surface area contributed by atoms with E-state index in [1.165, 1.54) is 0 Å². The first-order valence-electron chi connectivity index (χ1n) is 4.70. The maximum absolute atomic E-state index is 10.5. The molecule has 0 fully saturated rings. The van der Waals surface area contributed by atoms with E-state index in [4.69, 9.17) is 15.6 Å². The van der Waals surface area contributed by atoms with Crippen LogP contribution in [0.5, 0.6) is 0 Å². The number of carbonyl (C=O) groups excluding carboxylic acids is 1. The van der Waals surface area contributed by atoms with Crippen LogP contribution in [0.15, 0.2) is 0 Å². The Balaban J connectivity index is 3.11. The molecule has 0 aromatic carbocycles. The van der Waals surface area contributed by atoms with Crippen molar-refractivity contribution in [3.63, 3.8) is 0 Å². The van der Waals surface area contributed by atoms with Gasteiger partial charge in [0.1, 0.15) is 6.10 Å². The van der Waals surface area contributed by atoms with Gasteiger partial charge < -0.3 is 15.6 Å². The summed E-state index contributed by atoms with van der Waals surface area (Å²) < 4.78 is 5.15. The van der Waals surface area contributed by atoms with E-state index in [9.17, 15) is 4.79 Å². The van der Waals surface area contributed by atoms with Crippen molar-refractivity contribution in [1.29, 1.82) is 0 Å². The van der Waals surface area contributed by atoms with E-state index in [1.54, 1.807) is 6.92 Å². The second kappa shape index (κ2) is 8.01. The number of aliphatic hydroxyl groups is 1. The number of carbonyl (C=O) groups is 1. The molecule has 0 aromatic heterocycles. The van der Waals surface area contributed by atoms with Crippen LogP contribution >= 0.6 is 0 Å². The number of primary amides is 1. The van der Waals surface area contributed by atoms with Crippen molar-refractivity contribution < 1.29 is 14.6 Å². The summed E-state index contributed by atoms with van der Waals surface area (Å²) in [5.74, 6) is -0.421. The van der Waals surface area contributed by atoms with E-state index in [2.05, 4.69) is 0 Å². The fourth-order valence-corrected chi connectivity index (χ4v) is 0.910. The third-order valence-corrected chi connectivity index (χ3v) is 1.82. The zero-order chi connectivity index (χ0) is 10.1. The van der Waals surface area contributed by atoms with Gasteiger partial charge >= 0.3 is 0 Å². The Kier molecular flexibility index (Phi) is 7.63. The van der Waals surface area contributed by atoms with E-state index in [0.717, 1.165) is 25.7 Å². The summed E-state index contributed by atoms with van der Waals surface area (Å²) in [6.07, 6.45) is 3.29. The van der Waals surface area contributed by atoms with Crippen LogP contribution in [-0.4, -0.2) is 30.3 Å². The highest BCUT2D eigenvalue weighted by atomic mass is 16.5. The Labute approximate surface area is 79.1 Å². The molecule has 0 saturated carbocycles. The number of hydrogen-bond acceptors (Lipinski definition) is 3. The van der Waals surface area contributed by atoms with Gasteiger partial charge in [-0.2, -0.15) is 0 Å². The molecular formula is C9H19NO3. The Hall–Kier alpha value is -0.610. The van der Waals surface area contributed by atoms with Crippen molar-refractivity contribution in [2.75, 3.05) is 13.2 Å². The molecule has 1 atom stereocenters. The highest BCUT2D eigenvalue weighted by molar-refractivity contribution is 5.78. The second-order valence-corrected chi connectivity index (χ2v) is 3.05. The van der Waals surface area contributed by atoms with Crippen molar-refractivity contribution in [2.24, 2.45) is 5.73 Å². The summed E-state index contributed by atoms with van der Waals surface area (Å²) >= 11 is 0. The number of amides is 1. The summed E-state index contributed by atoms with van der Waals surface area (Å²) in [6, 6.07) is 0. The highest BCUT2D eigenvalue weighted by Crippen LogP contribution is 2.00. The largest absolute Gasteiger partial charge is 0.396 e. The maximum Gasteiger partial charge on any atom is 0.246 e. The van der Waals surface area contributed by atoms with Crippen LogP contribution < -0.4 is 5.73 Å². The van der Waals surface area contributed by atoms with Gasteiger partial charge in [-0.25, -0.2) is 0 Å². The molecule has 0 spiro atoms. The van der Waals surface area contributed by atoms with Gasteiger partial charge in [-0.05, 0) is 19.8 Å². The Morgan fingerprint density at radius 1 is 1.38 bits per heavy atom. The summed E-state index contributed by atoms with van der Waals surface area (Å²) in [7, 11) is 0. The van der Waals surface area contributed by atoms with Crippen molar-refractivity contribution in [3.05, 3.63) is 0 Å². The molecule has 0 aromatic rings. The average molecular weight is 189 g/mol. The smallest absolute Gasteiger partial charge is 0.246 e. The predicted molar refractivity (Wildman–Crippen MR) is 50.2 cm³/mol. The number of aliphatic hydroxyl groups excluding tert-OH is 1. The maximum atomic E-state index is 10.5. The highest BCUT2D eigenvalue weighted by Gasteiger charge is 2.06. The SMILES string of the molecule is CC(OCCCCCCO)C(N)=O. The lowest BCUT2D eigenvalue weighted by molar-refractivity contribution is -0.128. The Bertz CT molecular complexity index is 139. The molecule has 1 unspecified atom stereocenters. The van der Waals surface area contributed by atoms with Crippen LogP contribution in [0.25, 0.3) is 0 Å². The van der Waals surface area contributed by atoms with E-state index < -0.39 is 12.0 Å². The number of hydrogen-bond donors (Lipinski definition) is 2. The third-order valence-electron chi connectivity index (χ3n) is 1.82. The number of rotatable bonds is 8. The van der Waals surface area contributed by atoms with E-state index in [1.807, 2.05) is 0 Å². The zero-order valence-corrected chi connectivity index (χ0v) is 8.16. The first kappa shape index (κ1) is 12.4. The van der Waals surface area contributed by atoms with Gasteiger partial charge in [-0.1, -0.05) is 12.8 Å². The van der Waals surface area contributed by atoms with Crippen LogP contribution in [0.4, 0.5) is 0 Å². The normalized spacial score (nSPS) is 12.8. The quantitative estimate of drug-likeness (QED) is 0.544. The summed E-state index contributed by atoms with van der Waals surface area (Å²) in [5, 5.41) is 8.49. The molecule has 0 aliphatic rings. The topological polar surface area (TPSA) is 72.6 Å². The van der Waals surface area contributed by atoms with Crippen molar-refractivity contribution in [1.82, 2.24) is 0 Å². The summed E-state index contributed by atoms with van der Waals surface area (Å²) in [6.45, 7) is 2.46.